The van der Waals surface area contributed by atoms with Gasteiger partial charge in [-0.2, -0.15) is 0 Å². The molecule has 0 fully saturated rings. The van der Waals surface area contributed by atoms with Crippen molar-refractivity contribution in [3.05, 3.63) is 70.0 Å². The minimum absolute atomic E-state index is 0.00972. The molecule has 2 aromatic rings. The number of nitrogens with zero attached hydrogens (tertiary/aromatic N) is 1. The third-order valence-corrected chi connectivity index (χ3v) is 4.18. The molecule has 0 bridgehead atoms. The molecule has 2 aromatic carbocycles. The first-order valence-electron chi connectivity index (χ1n) is 6.65. The van der Waals surface area contributed by atoms with Gasteiger partial charge in [0.15, 0.2) is 0 Å². The van der Waals surface area contributed by atoms with Crippen molar-refractivity contribution < 1.29 is 4.39 Å². The van der Waals surface area contributed by atoms with E-state index in [0.717, 1.165) is 18.7 Å². The minimum Gasteiger partial charge on any atom is -0.329 e. The van der Waals surface area contributed by atoms with Crippen molar-refractivity contribution in [3.63, 3.8) is 0 Å². The Balaban J connectivity index is 1.89. The zero-order valence-corrected chi connectivity index (χ0v) is 11.8. The Labute approximate surface area is 123 Å². The Bertz CT molecular complexity index is 605. The van der Waals surface area contributed by atoms with Crippen molar-refractivity contribution in [2.45, 2.75) is 19.1 Å². The van der Waals surface area contributed by atoms with Crippen molar-refractivity contribution in [1.82, 2.24) is 4.90 Å². The molecule has 0 saturated heterocycles. The molecule has 2 nitrogen and oxygen atoms in total. The fraction of sp³-hybridized carbons (Fsp3) is 0.250. The first-order chi connectivity index (χ1) is 9.69. The summed E-state index contributed by atoms with van der Waals surface area (Å²) in [6.45, 7) is 2.16. The van der Waals surface area contributed by atoms with Crippen molar-refractivity contribution >= 4 is 11.6 Å². The average molecular weight is 291 g/mol. The lowest BCUT2D eigenvalue weighted by atomic mass is 10.1. The minimum atomic E-state index is -0.320. The predicted molar refractivity (Wildman–Crippen MR) is 78.9 cm³/mol. The van der Waals surface area contributed by atoms with Crippen LogP contribution in [-0.2, 0) is 13.1 Å². The van der Waals surface area contributed by atoms with E-state index in [9.17, 15) is 4.39 Å². The highest BCUT2D eigenvalue weighted by Gasteiger charge is 2.27. The van der Waals surface area contributed by atoms with Crippen molar-refractivity contribution in [1.29, 1.82) is 0 Å². The van der Waals surface area contributed by atoms with Crippen LogP contribution in [0.3, 0.4) is 0 Å². The SMILES string of the molecule is NCC(c1ccc(F)cc1Cl)N1Cc2ccccc2C1. The normalized spacial score (nSPS) is 16.1. The van der Waals surface area contributed by atoms with Crippen molar-refractivity contribution in [3.8, 4) is 0 Å². The summed E-state index contributed by atoms with van der Waals surface area (Å²) in [5, 5.41) is 0.441. The first kappa shape index (κ1) is 13.6. The maximum atomic E-state index is 13.2. The van der Waals surface area contributed by atoms with E-state index in [1.54, 1.807) is 6.07 Å². The Kier molecular flexibility index (Phi) is 3.74. The van der Waals surface area contributed by atoms with E-state index < -0.39 is 0 Å². The Morgan fingerprint density at radius 2 is 1.80 bits per heavy atom. The largest absolute Gasteiger partial charge is 0.329 e. The van der Waals surface area contributed by atoms with E-state index in [2.05, 4.69) is 17.0 Å². The molecule has 20 heavy (non-hydrogen) atoms. The second kappa shape index (κ2) is 5.52. The number of rotatable bonds is 3. The monoisotopic (exact) mass is 290 g/mol. The molecule has 2 N–H and O–H groups in total. The summed E-state index contributed by atoms with van der Waals surface area (Å²) in [4.78, 5) is 2.28. The van der Waals surface area contributed by atoms with Crippen LogP contribution in [-0.4, -0.2) is 11.4 Å². The predicted octanol–water partition coefficient (Wildman–Crippen LogP) is 3.49. The fourth-order valence-corrected chi connectivity index (χ4v) is 3.12. The number of halogens is 2. The molecule has 104 valence electrons. The lowest BCUT2D eigenvalue weighted by molar-refractivity contribution is 0.205. The van der Waals surface area contributed by atoms with E-state index in [1.807, 2.05) is 12.1 Å². The average Bonchev–Trinajstić information content (AvgIpc) is 2.85. The molecule has 0 radical (unpaired) electrons. The van der Waals surface area contributed by atoms with Gasteiger partial charge < -0.3 is 5.73 Å². The van der Waals surface area contributed by atoms with Gasteiger partial charge in [0, 0.05) is 30.7 Å². The molecule has 1 aliphatic rings. The molecular formula is C16H16ClFN2. The van der Waals surface area contributed by atoms with Gasteiger partial charge >= 0.3 is 0 Å². The smallest absolute Gasteiger partial charge is 0.124 e. The number of benzene rings is 2. The van der Waals surface area contributed by atoms with Gasteiger partial charge in [-0.05, 0) is 28.8 Å². The zero-order valence-electron chi connectivity index (χ0n) is 11.0. The number of fused-ring (bicyclic) bond motifs is 1. The van der Waals surface area contributed by atoms with Gasteiger partial charge in [0.05, 0.1) is 0 Å². The zero-order chi connectivity index (χ0) is 14.1. The van der Waals surface area contributed by atoms with Crippen LogP contribution in [0.2, 0.25) is 5.02 Å². The second-order valence-electron chi connectivity index (χ2n) is 5.09. The van der Waals surface area contributed by atoms with Crippen molar-refractivity contribution in [2.24, 2.45) is 5.73 Å². The number of hydrogen-bond acceptors (Lipinski definition) is 2. The molecule has 0 saturated carbocycles. The summed E-state index contributed by atoms with van der Waals surface area (Å²) >= 11 is 6.17. The Hall–Kier alpha value is -1.42. The topological polar surface area (TPSA) is 29.3 Å². The number of nitrogens with two attached hydrogens (primary N) is 1. The third kappa shape index (κ3) is 2.44. The third-order valence-electron chi connectivity index (χ3n) is 3.85. The van der Waals surface area contributed by atoms with E-state index in [1.165, 1.54) is 23.3 Å². The molecule has 0 amide bonds. The van der Waals surface area contributed by atoms with E-state index >= 15 is 0 Å². The molecule has 0 spiro atoms. The van der Waals surface area contributed by atoms with Gasteiger partial charge in [0.25, 0.3) is 0 Å². The van der Waals surface area contributed by atoms with Crippen LogP contribution in [0.4, 0.5) is 4.39 Å². The highest BCUT2D eigenvalue weighted by atomic mass is 35.5. The van der Waals surface area contributed by atoms with Crippen LogP contribution in [0.5, 0.6) is 0 Å². The Morgan fingerprint density at radius 3 is 2.35 bits per heavy atom. The molecule has 1 heterocycles. The highest BCUT2D eigenvalue weighted by Crippen LogP contribution is 2.33. The molecule has 1 unspecified atom stereocenters. The first-order valence-corrected chi connectivity index (χ1v) is 7.02. The molecule has 4 heteroatoms. The highest BCUT2D eigenvalue weighted by molar-refractivity contribution is 6.31. The van der Waals surface area contributed by atoms with E-state index in [-0.39, 0.29) is 11.9 Å². The van der Waals surface area contributed by atoms with Gasteiger partial charge in [-0.1, -0.05) is 41.9 Å². The molecule has 1 aliphatic heterocycles. The Morgan fingerprint density at radius 1 is 1.15 bits per heavy atom. The number of hydrogen-bond donors (Lipinski definition) is 1. The summed E-state index contributed by atoms with van der Waals surface area (Å²) in [5.41, 5.74) is 9.47. The quantitative estimate of drug-likeness (QED) is 0.937. The van der Waals surface area contributed by atoms with Crippen molar-refractivity contribution in [2.75, 3.05) is 6.54 Å². The summed E-state index contributed by atoms with van der Waals surface area (Å²) in [7, 11) is 0. The lowest BCUT2D eigenvalue weighted by Crippen LogP contribution is -2.29. The summed E-state index contributed by atoms with van der Waals surface area (Å²) in [6.07, 6.45) is 0. The maximum Gasteiger partial charge on any atom is 0.124 e. The molecule has 0 aliphatic carbocycles. The second-order valence-corrected chi connectivity index (χ2v) is 5.50. The molecule has 3 rings (SSSR count). The molecular weight excluding hydrogens is 275 g/mol. The molecule has 1 atom stereocenters. The molecule has 0 aromatic heterocycles. The van der Waals surface area contributed by atoms with Gasteiger partial charge in [-0.25, -0.2) is 4.39 Å². The van der Waals surface area contributed by atoms with Crippen LogP contribution in [0, 0.1) is 5.82 Å². The van der Waals surface area contributed by atoms with Crippen LogP contribution in [0.15, 0.2) is 42.5 Å². The maximum absolute atomic E-state index is 13.2. The van der Waals surface area contributed by atoms with Crippen LogP contribution >= 0.6 is 11.6 Å². The van der Waals surface area contributed by atoms with Gasteiger partial charge in [-0.3, -0.25) is 4.90 Å². The van der Waals surface area contributed by atoms with Crippen LogP contribution in [0.25, 0.3) is 0 Å². The van der Waals surface area contributed by atoms with Crippen LogP contribution < -0.4 is 5.73 Å². The summed E-state index contributed by atoms with van der Waals surface area (Å²) in [6, 6.07) is 12.9. The lowest BCUT2D eigenvalue weighted by Gasteiger charge is -2.27. The van der Waals surface area contributed by atoms with Gasteiger partial charge in [0.1, 0.15) is 5.82 Å². The fourth-order valence-electron chi connectivity index (χ4n) is 2.82. The van der Waals surface area contributed by atoms with E-state index in [4.69, 9.17) is 17.3 Å². The van der Waals surface area contributed by atoms with Gasteiger partial charge in [0.2, 0.25) is 0 Å². The van der Waals surface area contributed by atoms with Gasteiger partial charge in [-0.15, -0.1) is 0 Å². The standard InChI is InChI=1S/C16H16ClFN2/c17-15-7-13(18)5-6-14(15)16(8-19)20-9-11-3-1-2-4-12(11)10-20/h1-7,16H,8-10,19H2. The van der Waals surface area contributed by atoms with E-state index in [0.29, 0.717) is 11.6 Å². The summed E-state index contributed by atoms with van der Waals surface area (Å²) in [5.74, 6) is -0.320. The van der Waals surface area contributed by atoms with Crippen LogP contribution in [0.1, 0.15) is 22.7 Å². The summed E-state index contributed by atoms with van der Waals surface area (Å²) < 4.78 is 13.2.